The van der Waals surface area contributed by atoms with Gasteiger partial charge in [-0.05, 0) is 55.7 Å². The number of carboxylic acid groups (broad SMARTS) is 1. The van der Waals surface area contributed by atoms with Gasteiger partial charge in [0.25, 0.3) is 0 Å². The van der Waals surface area contributed by atoms with Crippen molar-refractivity contribution in [3.8, 4) is 5.75 Å². The van der Waals surface area contributed by atoms with E-state index in [4.69, 9.17) is 22.1 Å². The molecule has 2 aromatic rings. The largest absolute Gasteiger partial charge is 0.573 e. The second kappa shape index (κ2) is 9.96. The third-order valence-corrected chi connectivity index (χ3v) is 5.48. The number of likely N-dealkylation sites (tertiary alicyclic amines) is 1. The molecule has 0 atom stereocenters. The van der Waals surface area contributed by atoms with E-state index in [1.165, 1.54) is 13.0 Å². The van der Waals surface area contributed by atoms with Crippen molar-refractivity contribution in [2.75, 3.05) is 18.4 Å². The summed E-state index contributed by atoms with van der Waals surface area (Å²) in [6, 6.07) is 6.19. The van der Waals surface area contributed by atoms with Crippen molar-refractivity contribution in [2.24, 2.45) is 0 Å². The number of nitrogens with one attached hydrogen (secondary N) is 2. The minimum absolute atomic E-state index is 0.0436. The Balaban J connectivity index is 1.64. The molecule has 0 spiro atoms. The maximum Gasteiger partial charge on any atom is 0.573 e. The number of benzene rings is 2. The van der Waals surface area contributed by atoms with Crippen molar-refractivity contribution < 1.29 is 32.2 Å². The van der Waals surface area contributed by atoms with E-state index in [1.807, 2.05) is 0 Å². The molecular weight excluding hydrogens is 466 g/mol. The Kier molecular flexibility index (Phi) is 7.48. The number of nitrogens with zero attached hydrogens (tertiary/aromatic N) is 1. The number of carbonyl (C=O) groups is 1. The van der Waals surface area contributed by atoms with Crippen LogP contribution in [0.3, 0.4) is 0 Å². The van der Waals surface area contributed by atoms with E-state index in [1.54, 1.807) is 6.07 Å². The SMILES string of the molecule is CC(=N)c1cc(C(=O)O)c(F)cc1NC1CCN(Cc2cc(Cl)cc(OC(F)(F)F)c2)CC1. The first kappa shape index (κ1) is 24.8. The molecule has 11 heteroatoms. The van der Waals surface area contributed by atoms with Gasteiger partial charge >= 0.3 is 12.3 Å². The van der Waals surface area contributed by atoms with Crippen LogP contribution in [0.1, 0.15) is 41.3 Å². The quantitative estimate of drug-likeness (QED) is 0.352. The highest BCUT2D eigenvalue weighted by molar-refractivity contribution is 6.30. The Morgan fingerprint density at radius 1 is 1.21 bits per heavy atom. The molecule has 1 aliphatic heterocycles. The number of carboxylic acids is 1. The zero-order valence-corrected chi connectivity index (χ0v) is 18.4. The fourth-order valence-corrected chi connectivity index (χ4v) is 4.03. The molecule has 0 aromatic heterocycles. The summed E-state index contributed by atoms with van der Waals surface area (Å²) in [5, 5.41) is 20.4. The first-order valence-corrected chi connectivity index (χ1v) is 10.5. The Hall–Kier alpha value is -2.85. The van der Waals surface area contributed by atoms with Crippen LogP contribution in [0.4, 0.5) is 23.2 Å². The Bertz CT molecular complexity index is 1050. The van der Waals surface area contributed by atoms with Crippen LogP contribution in [-0.2, 0) is 6.54 Å². The van der Waals surface area contributed by atoms with Crippen molar-refractivity contribution >= 4 is 29.0 Å². The summed E-state index contributed by atoms with van der Waals surface area (Å²) in [6.45, 7) is 3.12. The van der Waals surface area contributed by atoms with Crippen LogP contribution in [0.25, 0.3) is 0 Å². The molecule has 0 unspecified atom stereocenters. The van der Waals surface area contributed by atoms with E-state index in [0.29, 0.717) is 49.3 Å². The zero-order valence-electron chi connectivity index (χ0n) is 17.6. The van der Waals surface area contributed by atoms with Crippen LogP contribution in [-0.4, -0.2) is 47.2 Å². The van der Waals surface area contributed by atoms with Gasteiger partial charge in [-0.2, -0.15) is 0 Å². The molecule has 33 heavy (non-hydrogen) atoms. The molecular formula is C22H22ClF4N3O3. The summed E-state index contributed by atoms with van der Waals surface area (Å²) in [7, 11) is 0. The van der Waals surface area contributed by atoms with Gasteiger partial charge in [-0.25, -0.2) is 9.18 Å². The summed E-state index contributed by atoms with van der Waals surface area (Å²) >= 11 is 5.93. The number of anilines is 1. The van der Waals surface area contributed by atoms with Gasteiger partial charge in [0.1, 0.15) is 11.6 Å². The van der Waals surface area contributed by atoms with Crippen LogP contribution in [0.5, 0.6) is 5.75 Å². The first-order chi connectivity index (χ1) is 15.4. The van der Waals surface area contributed by atoms with E-state index in [0.717, 1.165) is 18.2 Å². The van der Waals surface area contributed by atoms with Crippen LogP contribution in [0.2, 0.25) is 5.02 Å². The van der Waals surface area contributed by atoms with Gasteiger partial charge in [-0.3, -0.25) is 4.90 Å². The molecule has 6 nitrogen and oxygen atoms in total. The Morgan fingerprint density at radius 2 is 1.88 bits per heavy atom. The number of ether oxygens (including phenoxy) is 1. The van der Waals surface area contributed by atoms with E-state index >= 15 is 0 Å². The average molecular weight is 488 g/mol. The monoisotopic (exact) mass is 487 g/mol. The highest BCUT2D eigenvalue weighted by atomic mass is 35.5. The molecule has 3 N–H and O–H groups in total. The van der Waals surface area contributed by atoms with Gasteiger partial charge in [0.15, 0.2) is 0 Å². The number of piperidine rings is 1. The molecule has 3 rings (SSSR count). The summed E-state index contributed by atoms with van der Waals surface area (Å²) < 4.78 is 55.6. The van der Waals surface area contributed by atoms with Gasteiger partial charge in [0.2, 0.25) is 0 Å². The Labute approximate surface area is 192 Å². The zero-order chi connectivity index (χ0) is 24.3. The van der Waals surface area contributed by atoms with Crippen molar-refractivity contribution in [2.45, 2.75) is 38.7 Å². The molecule has 0 saturated carbocycles. The molecule has 178 valence electrons. The number of alkyl halides is 3. The molecule has 0 aliphatic carbocycles. The minimum Gasteiger partial charge on any atom is -0.478 e. The van der Waals surface area contributed by atoms with Crippen molar-refractivity contribution in [1.82, 2.24) is 4.90 Å². The maximum atomic E-state index is 14.2. The normalized spacial score (nSPS) is 15.3. The minimum atomic E-state index is -4.80. The molecule has 0 amide bonds. The average Bonchev–Trinajstić information content (AvgIpc) is 2.67. The van der Waals surface area contributed by atoms with Gasteiger partial charge in [-0.15, -0.1) is 13.2 Å². The fourth-order valence-electron chi connectivity index (χ4n) is 3.78. The predicted molar refractivity (Wildman–Crippen MR) is 116 cm³/mol. The number of hydrogen-bond acceptors (Lipinski definition) is 5. The van der Waals surface area contributed by atoms with Crippen LogP contribution < -0.4 is 10.1 Å². The van der Waals surface area contributed by atoms with Gasteiger partial charge < -0.3 is 20.6 Å². The van der Waals surface area contributed by atoms with Crippen LogP contribution in [0.15, 0.2) is 30.3 Å². The maximum absolute atomic E-state index is 14.2. The van der Waals surface area contributed by atoms with E-state index in [2.05, 4.69) is 15.0 Å². The number of aromatic carboxylic acids is 1. The summed E-state index contributed by atoms with van der Waals surface area (Å²) in [6.07, 6.45) is -3.49. The molecule has 0 radical (unpaired) electrons. The molecule has 1 heterocycles. The summed E-state index contributed by atoms with van der Waals surface area (Å²) in [5.74, 6) is -2.66. The van der Waals surface area contributed by atoms with Crippen LogP contribution >= 0.6 is 11.6 Å². The fraction of sp³-hybridized carbons (Fsp3) is 0.364. The van der Waals surface area contributed by atoms with E-state index in [9.17, 15) is 22.4 Å². The highest BCUT2D eigenvalue weighted by Crippen LogP contribution is 2.29. The lowest BCUT2D eigenvalue weighted by molar-refractivity contribution is -0.274. The predicted octanol–water partition coefficient (Wildman–Crippen LogP) is 5.54. The highest BCUT2D eigenvalue weighted by Gasteiger charge is 2.31. The molecule has 1 saturated heterocycles. The first-order valence-electron chi connectivity index (χ1n) is 10.1. The van der Waals surface area contributed by atoms with E-state index < -0.39 is 23.7 Å². The number of halogens is 5. The second-order valence-electron chi connectivity index (χ2n) is 7.85. The topological polar surface area (TPSA) is 85.7 Å². The molecule has 0 bridgehead atoms. The summed E-state index contributed by atoms with van der Waals surface area (Å²) in [5.41, 5.74) is 0.864. The number of hydrogen-bond donors (Lipinski definition) is 3. The van der Waals surface area contributed by atoms with Gasteiger partial charge in [0, 0.05) is 47.7 Å². The number of rotatable bonds is 7. The standard InChI is InChI=1S/C22H22ClF4N3O3/c1-12(28)17-9-18(21(31)32)19(24)10-20(17)29-15-2-4-30(5-3-15)11-13-6-14(23)8-16(7-13)33-22(25,26)27/h6-10,15,28-29H,2-5,11H2,1H3,(H,31,32). The van der Waals surface area contributed by atoms with Crippen molar-refractivity contribution in [3.05, 3.63) is 57.9 Å². The molecule has 1 aliphatic rings. The Morgan fingerprint density at radius 3 is 2.45 bits per heavy atom. The van der Waals surface area contributed by atoms with E-state index in [-0.39, 0.29) is 22.5 Å². The second-order valence-corrected chi connectivity index (χ2v) is 8.28. The third kappa shape index (κ3) is 6.82. The third-order valence-electron chi connectivity index (χ3n) is 5.26. The van der Waals surface area contributed by atoms with Crippen LogP contribution in [0, 0.1) is 11.2 Å². The lowest BCUT2D eigenvalue weighted by Crippen LogP contribution is -2.39. The van der Waals surface area contributed by atoms with Crippen molar-refractivity contribution in [1.29, 1.82) is 5.41 Å². The summed E-state index contributed by atoms with van der Waals surface area (Å²) in [4.78, 5) is 13.2. The van der Waals surface area contributed by atoms with Gasteiger partial charge in [0.05, 0.1) is 5.56 Å². The lowest BCUT2D eigenvalue weighted by atomic mass is 10.0. The van der Waals surface area contributed by atoms with Crippen molar-refractivity contribution in [3.63, 3.8) is 0 Å². The molecule has 2 aromatic carbocycles. The molecule has 1 fully saturated rings. The van der Waals surface area contributed by atoms with Gasteiger partial charge in [-0.1, -0.05) is 11.6 Å². The smallest absolute Gasteiger partial charge is 0.478 e. The lowest BCUT2D eigenvalue weighted by Gasteiger charge is -2.33.